The van der Waals surface area contributed by atoms with Crippen LogP contribution in [0.15, 0.2) is 55.0 Å². The van der Waals surface area contributed by atoms with Crippen LogP contribution in [0.3, 0.4) is 0 Å². The summed E-state index contributed by atoms with van der Waals surface area (Å²) in [6.45, 7) is 2.31. The lowest BCUT2D eigenvalue weighted by Crippen LogP contribution is -2.28. The van der Waals surface area contributed by atoms with Crippen molar-refractivity contribution in [3.63, 3.8) is 0 Å². The number of amides is 2. The molecule has 4 aromatic rings. The first-order chi connectivity index (χ1) is 15.3. The van der Waals surface area contributed by atoms with Gasteiger partial charge in [-0.1, -0.05) is 6.07 Å². The van der Waals surface area contributed by atoms with Gasteiger partial charge in [0.05, 0.1) is 22.5 Å². The Morgan fingerprint density at radius 3 is 2.69 bits per heavy atom. The zero-order valence-electron chi connectivity index (χ0n) is 17.6. The number of aromatic amines is 1. The second-order valence-electron chi connectivity index (χ2n) is 7.35. The van der Waals surface area contributed by atoms with Gasteiger partial charge in [0.1, 0.15) is 0 Å². The van der Waals surface area contributed by atoms with E-state index in [0.717, 1.165) is 11.1 Å². The van der Waals surface area contributed by atoms with E-state index < -0.39 is 9.84 Å². The SMILES string of the molecule is CCNC(=O)Nc1nc2c(-c3cc(CS(C)(=O)=O)ccn3)cc(-c3cccnc3)cc2[nH]1. The number of carbonyl (C=O) groups is 1. The number of sulfone groups is 1. The minimum Gasteiger partial charge on any atom is -0.338 e. The predicted octanol–water partition coefficient (Wildman–Crippen LogP) is 3.37. The van der Waals surface area contributed by atoms with Crippen LogP contribution >= 0.6 is 0 Å². The van der Waals surface area contributed by atoms with Gasteiger partial charge in [0, 0.05) is 42.5 Å². The van der Waals surface area contributed by atoms with E-state index in [1.807, 2.05) is 31.2 Å². The molecule has 0 atom stereocenters. The summed E-state index contributed by atoms with van der Waals surface area (Å²) in [5, 5.41) is 5.35. The molecule has 0 aliphatic rings. The molecule has 32 heavy (non-hydrogen) atoms. The van der Waals surface area contributed by atoms with Crippen molar-refractivity contribution < 1.29 is 13.2 Å². The summed E-state index contributed by atoms with van der Waals surface area (Å²) in [7, 11) is -3.20. The number of fused-ring (bicyclic) bond motifs is 1. The number of hydrogen-bond acceptors (Lipinski definition) is 6. The van der Waals surface area contributed by atoms with Crippen LogP contribution in [-0.2, 0) is 15.6 Å². The molecule has 4 rings (SSSR count). The summed E-state index contributed by atoms with van der Waals surface area (Å²) in [6.07, 6.45) is 6.23. The second kappa shape index (κ2) is 8.75. The second-order valence-corrected chi connectivity index (χ2v) is 9.49. The zero-order valence-corrected chi connectivity index (χ0v) is 18.4. The first kappa shape index (κ1) is 21.4. The maximum absolute atomic E-state index is 12.0. The number of imidazole rings is 1. The highest BCUT2D eigenvalue weighted by Crippen LogP contribution is 2.33. The van der Waals surface area contributed by atoms with Crippen LogP contribution < -0.4 is 10.6 Å². The number of pyridine rings is 2. The number of anilines is 1. The van der Waals surface area contributed by atoms with Crippen LogP contribution in [0, 0.1) is 0 Å². The molecule has 9 nitrogen and oxygen atoms in total. The van der Waals surface area contributed by atoms with Crippen molar-refractivity contribution in [1.82, 2.24) is 25.3 Å². The molecule has 1 aromatic carbocycles. The Morgan fingerprint density at radius 1 is 1.12 bits per heavy atom. The first-order valence-electron chi connectivity index (χ1n) is 9.94. The number of urea groups is 1. The summed E-state index contributed by atoms with van der Waals surface area (Å²) in [5.74, 6) is 0.209. The fourth-order valence-electron chi connectivity index (χ4n) is 3.40. The Kier molecular flexibility index (Phi) is 5.87. The highest BCUT2D eigenvalue weighted by Gasteiger charge is 2.16. The minimum absolute atomic E-state index is 0.0848. The molecular weight excluding hydrogens is 428 g/mol. The zero-order chi connectivity index (χ0) is 22.7. The Labute approximate surface area is 185 Å². The molecule has 0 spiro atoms. The first-order valence-corrected chi connectivity index (χ1v) is 12.0. The van der Waals surface area contributed by atoms with Crippen molar-refractivity contribution in [2.45, 2.75) is 12.7 Å². The lowest BCUT2D eigenvalue weighted by molar-refractivity contribution is 0.252. The van der Waals surface area contributed by atoms with E-state index in [1.165, 1.54) is 6.26 Å². The molecular formula is C22H22N6O3S. The third-order valence-electron chi connectivity index (χ3n) is 4.68. The molecule has 0 aliphatic heterocycles. The van der Waals surface area contributed by atoms with Crippen LogP contribution in [-0.4, -0.2) is 47.2 Å². The molecule has 3 aromatic heterocycles. The van der Waals surface area contributed by atoms with Gasteiger partial charge in [0.15, 0.2) is 9.84 Å². The molecule has 0 aliphatic carbocycles. The summed E-state index contributed by atoms with van der Waals surface area (Å²) < 4.78 is 23.5. The standard InChI is InChI=1S/C22H22N6O3S/c1-3-24-22(29)28-21-26-19-11-16(15-5-4-7-23-12-15)10-17(20(19)27-21)18-9-14(6-8-25-18)13-32(2,30)31/h4-12H,3,13H2,1-2H3,(H3,24,26,27,28,29). The van der Waals surface area contributed by atoms with E-state index in [2.05, 4.69) is 30.6 Å². The van der Waals surface area contributed by atoms with E-state index in [0.29, 0.717) is 40.3 Å². The van der Waals surface area contributed by atoms with Crippen LogP contribution in [0.25, 0.3) is 33.4 Å². The van der Waals surface area contributed by atoms with Gasteiger partial charge in [-0.15, -0.1) is 0 Å². The normalized spacial score (nSPS) is 11.4. The lowest BCUT2D eigenvalue weighted by Gasteiger charge is -2.08. The number of benzene rings is 1. The molecule has 10 heteroatoms. The molecule has 0 unspecified atom stereocenters. The fourth-order valence-corrected chi connectivity index (χ4v) is 4.18. The third-order valence-corrected chi connectivity index (χ3v) is 5.54. The maximum atomic E-state index is 12.0. The van der Waals surface area contributed by atoms with Gasteiger partial charge >= 0.3 is 6.03 Å². The van der Waals surface area contributed by atoms with Gasteiger partial charge in [-0.2, -0.15) is 0 Å². The summed E-state index contributed by atoms with van der Waals surface area (Å²) in [4.78, 5) is 28.3. The average molecular weight is 451 g/mol. The van der Waals surface area contributed by atoms with E-state index >= 15 is 0 Å². The summed E-state index contributed by atoms with van der Waals surface area (Å²) in [5.41, 5.74) is 5.00. The molecule has 0 fully saturated rings. The van der Waals surface area contributed by atoms with E-state index in [1.54, 1.807) is 30.7 Å². The quantitative estimate of drug-likeness (QED) is 0.413. The summed E-state index contributed by atoms with van der Waals surface area (Å²) in [6, 6.07) is 10.7. The van der Waals surface area contributed by atoms with Crippen molar-refractivity contribution in [2.75, 3.05) is 18.1 Å². The highest BCUT2D eigenvalue weighted by atomic mass is 32.2. The number of hydrogen-bond donors (Lipinski definition) is 3. The molecule has 0 saturated carbocycles. The molecule has 2 amide bonds. The lowest BCUT2D eigenvalue weighted by atomic mass is 10.0. The third kappa shape index (κ3) is 4.92. The Hall–Kier alpha value is -3.79. The van der Waals surface area contributed by atoms with Crippen LogP contribution in [0.4, 0.5) is 10.7 Å². The van der Waals surface area contributed by atoms with Crippen molar-refractivity contribution >= 4 is 32.9 Å². The van der Waals surface area contributed by atoms with Gasteiger partial charge < -0.3 is 10.3 Å². The minimum atomic E-state index is -3.20. The van der Waals surface area contributed by atoms with Gasteiger partial charge in [-0.25, -0.2) is 18.2 Å². The molecule has 3 N–H and O–H groups in total. The Balaban J connectivity index is 1.86. The molecule has 0 saturated heterocycles. The Bertz CT molecular complexity index is 1380. The molecule has 164 valence electrons. The topological polar surface area (TPSA) is 130 Å². The highest BCUT2D eigenvalue weighted by molar-refractivity contribution is 7.89. The van der Waals surface area contributed by atoms with E-state index in [4.69, 9.17) is 0 Å². The van der Waals surface area contributed by atoms with Crippen molar-refractivity contribution in [3.8, 4) is 22.4 Å². The Morgan fingerprint density at radius 2 is 1.97 bits per heavy atom. The van der Waals surface area contributed by atoms with Crippen molar-refractivity contribution in [1.29, 1.82) is 0 Å². The summed E-state index contributed by atoms with van der Waals surface area (Å²) >= 11 is 0. The average Bonchev–Trinajstić information content (AvgIpc) is 3.15. The number of carbonyl (C=O) groups excluding carboxylic acids is 1. The number of H-pyrrole nitrogens is 1. The number of nitrogens with one attached hydrogen (secondary N) is 3. The van der Waals surface area contributed by atoms with Crippen LogP contribution in [0.5, 0.6) is 0 Å². The van der Waals surface area contributed by atoms with E-state index in [9.17, 15) is 13.2 Å². The van der Waals surface area contributed by atoms with Crippen molar-refractivity contribution in [2.24, 2.45) is 0 Å². The largest absolute Gasteiger partial charge is 0.338 e. The number of rotatable bonds is 6. The van der Waals surface area contributed by atoms with Gasteiger partial charge in [-0.05, 0) is 48.4 Å². The number of aromatic nitrogens is 4. The van der Waals surface area contributed by atoms with Crippen LogP contribution in [0.2, 0.25) is 0 Å². The smallest absolute Gasteiger partial charge is 0.321 e. The number of nitrogens with zero attached hydrogens (tertiary/aromatic N) is 3. The van der Waals surface area contributed by atoms with Crippen LogP contribution in [0.1, 0.15) is 12.5 Å². The fraction of sp³-hybridized carbons (Fsp3) is 0.182. The monoisotopic (exact) mass is 450 g/mol. The van der Waals surface area contributed by atoms with Gasteiger partial charge in [0.2, 0.25) is 5.95 Å². The van der Waals surface area contributed by atoms with Crippen molar-refractivity contribution in [3.05, 3.63) is 60.6 Å². The predicted molar refractivity (Wildman–Crippen MR) is 124 cm³/mol. The molecule has 0 bridgehead atoms. The van der Waals surface area contributed by atoms with Gasteiger partial charge in [-0.3, -0.25) is 15.3 Å². The maximum Gasteiger partial charge on any atom is 0.321 e. The van der Waals surface area contributed by atoms with Gasteiger partial charge in [0.25, 0.3) is 0 Å². The molecule has 0 radical (unpaired) electrons. The van der Waals surface area contributed by atoms with E-state index in [-0.39, 0.29) is 11.8 Å². The molecule has 3 heterocycles.